The van der Waals surface area contributed by atoms with Gasteiger partial charge in [0, 0.05) is 11.5 Å². The van der Waals surface area contributed by atoms with Gasteiger partial charge in [0.2, 0.25) is 0 Å². The third kappa shape index (κ3) is 6.32. The van der Waals surface area contributed by atoms with Crippen LogP contribution in [0.1, 0.15) is 33.3 Å². The molecule has 0 aliphatic rings. The maximum atomic E-state index is 5.78. The molecule has 2 N–H and O–H groups in total. The van der Waals surface area contributed by atoms with Gasteiger partial charge in [-0.15, -0.1) is 0 Å². The van der Waals surface area contributed by atoms with Crippen LogP contribution in [-0.2, 0) is 6.42 Å². The second-order valence-electron chi connectivity index (χ2n) is 5.67. The summed E-state index contributed by atoms with van der Waals surface area (Å²) in [5.74, 6) is 7.04. The fraction of sp³-hybridized carbons (Fsp3) is 0.500. The third-order valence-corrected chi connectivity index (χ3v) is 2.23. The minimum Gasteiger partial charge on any atom is -0.481 e. The Bertz CT molecular complexity index is 432. The lowest BCUT2D eigenvalue weighted by Gasteiger charge is -2.09. The fourth-order valence-electron chi connectivity index (χ4n) is 1.55. The summed E-state index contributed by atoms with van der Waals surface area (Å²) in [5, 5.41) is 0. The van der Waals surface area contributed by atoms with E-state index in [1.54, 1.807) is 0 Å². The van der Waals surface area contributed by atoms with Gasteiger partial charge in [0.25, 0.3) is 0 Å². The highest BCUT2D eigenvalue weighted by Crippen LogP contribution is 2.14. The zero-order valence-corrected chi connectivity index (χ0v) is 11.8. The molecule has 0 spiro atoms. The highest BCUT2D eigenvalue weighted by molar-refractivity contribution is 5.29. The quantitative estimate of drug-likeness (QED) is 0.828. The van der Waals surface area contributed by atoms with Crippen molar-refractivity contribution in [3.63, 3.8) is 0 Å². The average molecular weight is 245 g/mol. The molecule has 98 valence electrons. The number of nitrogens with two attached hydrogens (primary N) is 1. The standard InChI is InChI=1S/C16H23NO/c1-13(17)11-14-7-5-8-15(12-14)18-10-6-9-16(2,3)4/h5,7-8,12-13H,10-11,17H2,1-4H3. The van der Waals surface area contributed by atoms with Gasteiger partial charge in [-0.2, -0.15) is 0 Å². The van der Waals surface area contributed by atoms with Crippen molar-refractivity contribution in [2.24, 2.45) is 11.1 Å². The van der Waals surface area contributed by atoms with Gasteiger partial charge in [0.15, 0.2) is 0 Å². The molecule has 2 heteroatoms. The van der Waals surface area contributed by atoms with Crippen LogP contribution in [0.2, 0.25) is 0 Å². The SMILES string of the molecule is CC(N)Cc1cccc(OCC#CC(C)(C)C)c1. The lowest BCUT2D eigenvalue weighted by Crippen LogP contribution is -2.17. The van der Waals surface area contributed by atoms with Crippen molar-refractivity contribution in [3.05, 3.63) is 29.8 Å². The highest BCUT2D eigenvalue weighted by atomic mass is 16.5. The van der Waals surface area contributed by atoms with Crippen molar-refractivity contribution in [2.45, 2.75) is 40.2 Å². The van der Waals surface area contributed by atoms with Crippen LogP contribution in [0.3, 0.4) is 0 Å². The van der Waals surface area contributed by atoms with Crippen LogP contribution in [0.25, 0.3) is 0 Å². The van der Waals surface area contributed by atoms with E-state index in [1.165, 1.54) is 5.56 Å². The van der Waals surface area contributed by atoms with E-state index < -0.39 is 0 Å². The first-order valence-electron chi connectivity index (χ1n) is 6.34. The summed E-state index contributed by atoms with van der Waals surface area (Å²) in [5.41, 5.74) is 7.01. The minimum absolute atomic E-state index is 0.0280. The van der Waals surface area contributed by atoms with E-state index in [1.807, 2.05) is 25.1 Å². The first-order chi connectivity index (χ1) is 8.37. The molecule has 1 aromatic carbocycles. The second-order valence-corrected chi connectivity index (χ2v) is 5.67. The van der Waals surface area contributed by atoms with E-state index in [9.17, 15) is 0 Å². The van der Waals surface area contributed by atoms with Crippen LogP contribution in [0.5, 0.6) is 5.75 Å². The summed E-state index contributed by atoms with van der Waals surface area (Å²) in [6, 6.07) is 8.20. The van der Waals surface area contributed by atoms with Crippen molar-refractivity contribution in [3.8, 4) is 17.6 Å². The molecule has 18 heavy (non-hydrogen) atoms. The Labute approximate surface area is 111 Å². The maximum absolute atomic E-state index is 5.78. The van der Waals surface area contributed by atoms with E-state index >= 15 is 0 Å². The Kier molecular flexibility index (Phi) is 5.25. The Morgan fingerprint density at radius 2 is 2.06 bits per heavy atom. The van der Waals surface area contributed by atoms with E-state index in [-0.39, 0.29) is 11.5 Å². The summed E-state index contributed by atoms with van der Waals surface area (Å²) in [7, 11) is 0. The molecule has 1 atom stereocenters. The zero-order valence-electron chi connectivity index (χ0n) is 11.8. The van der Waals surface area contributed by atoms with Crippen LogP contribution in [0, 0.1) is 17.3 Å². The van der Waals surface area contributed by atoms with Gasteiger partial charge in [-0.3, -0.25) is 0 Å². The molecular formula is C16H23NO. The van der Waals surface area contributed by atoms with Gasteiger partial charge >= 0.3 is 0 Å². The molecule has 0 aliphatic carbocycles. The number of ether oxygens (including phenoxy) is 1. The first kappa shape index (κ1) is 14.6. The Hall–Kier alpha value is -1.46. The summed E-state index contributed by atoms with van der Waals surface area (Å²) >= 11 is 0. The molecule has 2 nitrogen and oxygen atoms in total. The Morgan fingerprint density at radius 1 is 1.33 bits per heavy atom. The number of benzene rings is 1. The molecule has 0 amide bonds. The summed E-state index contributed by atoms with van der Waals surface area (Å²) in [6.07, 6.45) is 0.866. The molecule has 1 rings (SSSR count). The van der Waals surface area contributed by atoms with E-state index in [4.69, 9.17) is 10.5 Å². The summed E-state index contributed by atoms with van der Waals surface area (Å²) in [6.45, 7) is 8.69. The number of hydrogen-bond acceptors (Lipinski definition) is 2. The van der Waals surface area contributed by atoms with Crippen LogP contribution in [-0.4, -0.2) is 12.6 Å². The van der Waals surface area contributed by atoms with E-state index in [0.717, 1.165) is 12.2 Å². The number of rotatable bonds is 4. The molecule has 0 bridgehead atoms. The van der Waals surface area contributed by atoms with Crippen LogP contribution in [0.4, 0.5) is 0 Å². The average Bonchev–Trinajstić information content (AvgIpc) is 2.23. The molecule has 0 fully saturated rings. The zero-order chi connectivity index (χ0) is 13.6. The van der Waals surface area contributed by atoms with Crippen molar-refractivity contribution >= 4 is 0 Å². The van der Waals surface area contributed by atoms with Crippen LogP contribution < -0.4 is 10.5 Å². The molecule has 0 radical (unpaired) electrons. The predicted molar refractivity (Wildman–Crippen MR) is 76.5 cm³/mol. The van der Waals surface area contributed by atoms with Crippen LogP contribution in [0.15, 0.2) is 24.3 Å². The smallest absolute Gasteiger partial charge is 0.149 e. The van der Waals surface area contributed by atoms with E-state index in [0.29, 0.717) is 6.61 Å². The van der Waals surface area contributed by atoms with Gasteiger partial charge in [0.1, 0.15) is 12.4 Å². The summed E-state index contributed by atoms with van der Waals surface area (Å²) in [4.78, 5) is 0. The molecule has 0 saturated heterocycles. The van der Waals surface area contributed by atoms with Crippen molar-refractivity contribution in [1.82, 2.24) is 0 Å². The van der Waals surface area contributed by atoms with E-state index in [2.05, 4.69) is 38.7 Å². The topological polar surface area (TPSA) is 35.2 Å². The first-order valence-corrected chi connectivity index (χ1v) is 6.34. The summed E-state index contributed by atoms with van der Waals surface area (Å²) < 4.78 is 5.61. The van der Waals surface area contributed by atoms with Crippen molar-refractivity contribution in [1.29, 1.82) is 0 Å². The lowest BCUT2D eigenvalue weighted by atomic mass is 9.98. The van der Waals surface area contributed by atoms with Crippen LogP contribution >= 0.6 is 0 Å². The third-order valence-electron chi connectivity index (χ3n) is 2.23. The molecule has 1 aromatic rings. The van der Waals surface area contributed by atoms with Crippen molar-refractivity contribution < 1.29 is 4.74 Å². The Morgan fingerprint density at radius 3 is 2.67 bits per heavy atom. The fourth-order valence-corrected chi connectivity index (χ4v) is 1.55. The molecule has 0 saturated carbocycles. The van der Waals surface area contributed by atoms with Crippen molar-refractivity contribution in [2.75, 3.05) is 6.61 Å². The molecule has 1 unspecified atom stereocenters. The number of hydrogen-bond donors (Lipinski definition) is 1. The maximum Gasteiger partial charge on any atom is 0.149 e. The normalized spacial score (nSPS) is 12.5. The predicted octanol–water partition coefficient (Wildman–Crippen LogP) is 3.00. The Balaban J connectivity index is 2.54. The highest BCUT2D eigenvalue weighted by Gasteiger charge is 2.03. The van der Waals surface area contributed by atoms with Gasteiger partial charge in [0.05, 0.1) is 0 Å². The minimum atomic E-state index is 0.0280. The van der Waals surface area contributed by atoms with Gasteiger partial charge < -0.3 is 10.5 Å². The molecule has 0 aromatic heterocycles. The lowest BCUT2D eigenvalue weighted by molar-refractivity contribution is 0.369. The van der Waals surface area contributed by atoms with Gasteiger partial charge in [-0.1, -0.05) is 24.0 Å². The second kappa shape index (κ2) is 6.47. The molecule has 0 aliphatic heterocycles. The molecular weight excluding hydrogens is 222 g/mol. The molecule has 0 heterocycles. The van der Waals surface area contributed by atoms with Gasteiger partial charge in [-0.05, 0) is 51.8 Å². The largest absolute Gasteiger partial charge is 0.481 e. The van der Waals surface area contributed by atoms with Gasteiger partial charge in [-0.25, -0.2) is 0 Å². The monoisotopic (exact) mass is 245 g/mol.